The van der Waals surface area contributed by atoms with E-state index in [1.807, 2.05) is 30.3 Å². The maximum absolute atomic E-state index is 13.3. The first-order chi connectivity index (χ1) is 15.6. The van der Waals surface area contributed by atoms with E-state index in [0.717, 1.165) is 37.3 Å². The highest BCUT2D eigenvalue weighted by Crippen LogP contribution is 2.47. The van der Waals surface area contributed by atoms with Crippen LogP contribution in [-0.2, 0) is 14.9 Å². The maximum atomic E-state index is 13.3. The molecule has 2 unspecified atom stereocenters. The van der Waals surface area contributed by atoms with Crippen LogP contribution in [0.25, 0.3) is 6.08 Å². The molecule has 2 aromatic carbocycles. The number of imidazole rings is 1. The summed E-state index contributed by atoms with van der Waals surface area (Å²) in [5, 5.41) is 3.45. The van der Waals surface area contributed by atoms with Crippen molar-refractivity contribution in [3.05, 3.63) is 95.6 Å². The lowest BCUT2D eigenvalue weighted by Crippen LogP contribution is -2.52. The molecular weight excluding hydrogens is 400 g/mol. The van der Waals surface area contributed by atoms with Crippen LogP contribution in [0.2, 0.25) is 0 Å². The number of carbonyl (C=O) groups excluding carboxylic acids is 1. The molecule has 0 aliphatic carbocycles. The van der Waals surface area contributed by atoms with E-state index < -0.39 is 5.41 Å². The van der Waals surface area contributed by atoms with Gasteiger partial charge in [-0.25, -0.2) is 9.78 Å². The SMILES string of the molecule is COC(=O)C(=Cc1c[nH]cn1)C(C)(c1ccccc1)C(c1ccccc1)N1CCNCC1. The molecule has 1 aromatic heterocycles. The minimum absolute atomic E-state index is 0.0718. The maximum Gasteiger partial charge on any atom is 0.334 e. The number of benzene rings is 2. The molecule has 2 N–H and O–H groups in total. The molecule has 0 spiro atoms. The van der Waals surface area contributed by atoms with Gasteiger partial charge in [0.2, 0.25) is 0 Å². The van der Waals surface area contributed by atoms with E-state index in [-0.39, 0.29) is 12.0 Å². The third-order valence-corrected chi connectivity index (χ3v) is 6.33. The van der Waals surface area contributed by atoms with Gasteiger partial charge in [0.1, 0.15) is 0 Å². The van der Waals surface area contributed by atoms with Crippen LogP contribution >= 0.6 is 0 Å². The first-order valence-electron chi connectivity index (χ1n) is 11.0. The van der Waals surface area contributed by atoms with Gasteiger partial charge in [0.15, 0.2) is 0 Å². The number of esters is 1. The molecule has 2 heterocycles. The topological polar surface area (TPSA) is 70.2 Å². The Morgan fingerprint density at radius 1 is 1.09 bits per heavy atom. The van der Waals surface area contributed by atoms with Crippen LogP contribution in [0.15, 0.2) is 78.8 Å². The third-order valence-electron chi connectivity index (χ3n) is 6.33. The van der Waals surface area contributed by atoms with E-state index in [1.165, 1.54) is 7.11 Å². The number of hydrogen-bond acceptors (Lipinski definition) is 5. The van der Waals surface area contributed by atoms with Crippen molar-refractivity contribution < 1.29 is 9.53 Å². The van der Waals surface area contributed by atoms with Crippen molar-refractivity contribution in [3.8, 4) is 0 Å². The molecule has 1 saturated heterocycles. The average molecular weight is 431 g/mol. The number of carbonyl (C=O) groups is 1. The van der Waals surface area contributed by atoms with Crippen LogP contribution in [0, 0.1) is 0 Å². The molecule has 0 amide bonds. The second-order valence-electron chi connectivity index (χ2n) is 8.21. The minimum Gasteiger partial charge on any atom is -0.466 e. The van der Waals surface area contributed by atoms with Gasteiger partial charge in [-0.2, -0.15) is 0 Å². The van der Waals surface area contributed by atoms with Crippen LogP contribution in [0.3, 0.4) is 0 Å². The molecule has 32 heavy (non-hydrogen) atoms. The van der Waals surface area contributed by atoms with E-state index in [9.17, 15) is 4.79 Å². The van der Waals surface area contributed by atoms with Gasteiger partial charge >= 0.3 is 5.97 Å². The van der Waals surface area contributed by atoms with Crippen LogP contribution in [0.1, 0.15) is 29.8 Å². The highest BCUT2D eigenvalue weighted by atomic mass is 16.5. The minimum atomic E-state index is -0.688. The Morgan fingerprint density at radius 3 is 2.34 bits per heavy atom. The Hall–Kier alpha value is -3.22. The number of nitrogens with one attached hydrogen (secondary N) is 2. The molecule has 6 nitrogen and oxygen atoms in total. The van der Waals surface area contributed by atoms with Gasteiger partial charge in [0.05, 0.1) is 24.7 Å². The van der Waals surface area contributed by atoms with Gasteiger partial charge in [-0.3, -0.25) is 4.90 Å². The Labute approximate surface area is 189 Å². The molecule has 2 atom stereocenters. The Balaban J connectivity index is 1.97. The lowest BCUT2D eigenvalue weighted by molar-refractivity contribution is -0.137. The zero-order valence-corrected chi connectivity index (χ0v) is 18.6. The summed E-state index contributed by atoms with van der Waals surface area (Å²) in [7, 11) is 1.44. The average Bonchev–Trinajstić information content (AvgIpc) is 3.37. The van der Waals surface area contributed by atoms with Gasteiger partial charge in [0.25, 0.3) is 0 Å². The van der Waals surface area contributed by atoms with Crippen molar-refractivity contribution >= 4 is 12.0 Å². The van der Waals surface area contributed by atoms with E-state index >= 15 is 0 Å². The van der Waals surface area contributed by atoms with Crippen LogP contribution in [0.5, 0.6) is 0 Å². The summed E-state index contributed by atoms with van der Waals surface area (Å²) >= 11 is 0. The normalized spacial score (nSPS) is 18.0. The molecular formula is C26H30N4O2. The van der Waals surface area contributed by atoms with Gasteiger partial charge in [0, 0.05) is 43.8 Å². The summed E-state index contributed by atoms with van der Waals surface area (Å²) in [4.78, 5) is 23.1. The fraction of sp³-hybridized carbons (Fsp3) is 0.308. The highest BCUT2D eigenvalue weighted by Gasteiger charge is 2.46. The number of methoxy groups -OCH3 is 1. The van der Waals surface area contributed by atoms with Crippen LogP contribution in [-0.4, -0.2) is 54.1 Å². The number of nitrogens with zero attached hydrogens (tertiary/aromatic N) is 2. The predicted octanol–water partition coefficient (Wildman–Crippen LogP) is 3.57. The van der Waals surface area contributed by atoms with E-state index in [0.29, 0.717) is 11.3 Å². The van der Waals surface area contributed by atoms with Crippen LogP contribution in [0.4, 0.5) is 0 Å². The fourth-order valence-corrected chi connectivity index (χ4v) is 4.76. The first-order valence-corrected chi connectivity index (χ1v) is 11.0. The first kappa shape index (κ1) is 22.0. The number of hydrogen-bond donors (Lipinski definition) is 2. The van der Waals surface area contributed by atoms with Gasteiger partial charge < -0.3 is 15.0 Å². The van der Waals surface area contributed by atoms with Crippen molar-refractivity contribution in [2.75, 3.05) is 33.3 Å². The molecule has 4 rings (SSSR count). The number of ether oxygens (including phenoxy) is 1. The monoisotopic (exact) mass is 430 g/mol. The Kier molecular flexibility index (Phi) is 6.83. The lowest BCUT2D eigenvalue weighted by Gasteiger charge is -2.47. The summed E-state index contributed by atoms with van der Waals surface area (Å²) in [6.07, 6.45) is 5.26. The molecule has 0 saturated carbocycles. The number of H-pyrrole nitrogens is 1. The largest absolute Gasteiger partial charge is 0.466 e. The van der Waals surface area contributed by atoms with Crippen molar-refractivity contribution in [1.29, 1.82) is 0 Å². The second kappa shape index (κ2) is 9.94. The summed E-state index contributed by atoms with van der Waals surface area (Å²) in [6, 6.07) is 20.6. The molecule has 6 heteroatoms. The van der Waals surface area contributed by atoms with Crippen molar-refractivity contribution in [3.63, 3.8) is 0 Å². The summed E-state index contributed by atoms with van der Waals surface area (Å²) in [5.41, 5.74) is 2.80. The Morgan fingerprint density at radius 2 is 1.75 bits per heavy atom. The van der Waals surface area contributed by atoms with E-state index in [1.54, 1.807) is 12.5 Å². The van der Waals surface area contributed by atoms with Gasteiger partial charge in [-0.05, 0) is 24.1 Å². The highest BCUT2D eigenvalue weighted by molar-refractivity contribution is 5.96. The van der Waals surface area contributed by atoms with E-state index in [2.05, 4.69) is 63.5 Å². The number of aromatic nitrogens is 2. The van der Waals surface area contributed by atoms with Crippen molar-refractivity contribution in [2.24, 2.45) is 0 Å². The van der Waals surface area contributed by atoms with Gasteiger partial charge in [-0.15, -0.1) is 0 Å². The molecule has 1 aliphatic rings. The smallest absolute Gasteiger partial charge is 0.334 e. The predicted molar refractivity (Wildman–Crippen MR) is 126 cm³/mol. The molecule has 0 radical (unpaired) electrons. The zero-order chi connectivity index (χ0) is 22.4. The molecule has 1 fully saturated rings. The van der Waals surface area contributed by atoms with Gasteiger partial charge in [-0.1, -0.05) is 60.7 Å². The van der Waals surface area contributed by atoms with Crippen molar-refractivity contribution in [2.45, 2.75) is 18.4 Å². The molecule has 1 aliphatic heterocycles. The quantitative estimate of drug-likeness (QED) is 0.443. The molecule has 0 bridgehead atoms. The number of rotatable bonds is 7. The second-order valence-corrected chi connectivity index (χ2v) is 8.21. The number of aromatic amines is 1. The summed E-state index contributed by atoms with van der Waals surface area (Å²) < 4.78 is 5.33. The summed E-state index contributed by atoms with van der Waals surface area (Å²) in [6.45, 7) is 5.74. The summed E-state index contributed by atoms with van der Waals surface area (Å²) in [5.74, 6) is -0.351. The molecule has 166 valence electrons. The zero-order valence-electron chi connectivity index (χ0n) is 18.6. The van der Waals surface area contributed by atoms with Crippen molar-refractivity contribution in [1.82, 2.24) is 20.2 Å². The lowest BCUT2D eigenvalue weighted by atomic mass is 9.67. The number of piperazine rings is 1. The standard InChI is InChI=1S/C26H30N4O2/c1-26(21-11-7-4-8-12-21,23(25(31)32-2)17-22-18-28-19-29-22)24(20-9-5-3-6-10-20)30-15-13-27-14-16-30/h3-12,17-19,24,27H,13-16H2,1-2H3,(H,28,29). The third kappa shape index (κ3) is 4.38. The Bertz CT molecular complexity index is 1030. The van der Waals surface area contributed by atoms with E-state index in [4.69, 9.17) is 4.74 Å². The fourth-order valence-electron chi connectivity index (χ4n) is 4.76. The molecule has 3 aromatic rings. The van der Waals surface area contributed by atoms with Crippen LogP contribution < -0.4 is 5.32 Å².